The Morgan fingerprint density at radius 2 is 2.12 bits per heavy atom. The summed E-state index contributed by atoms with van der Waals surface area (Å²) in [5.74, 6) is -1.03. The molecule has 0 aliphatic carbocycles. The van der Waals surface area contributed by atoms with Gasteiger partial charge in [0.15, 0.2) is 0 Å². The Hall–Kier alpha value is -3.50. The summed E-state index contributed by atoms with van der Waals surface area (Å²) < 4.78 is 6.10. The number of thiazole rings is 1. The molecule has 2 N–H and O–H groups in total. The number of nitrogens with zero attached hydrogens (tertiary/aromatic N) is 2. The van der Waals surface area contributed by atoms with Gasteiger partial charge in [0, 0.05) is 25.1 Å². The molecule has 2 aliphatic heterocycles. The number of aromatic nitrogens is 1. The Morgan fingerprint density at radius 1 is 1.26 bits per heavy atom. The molecule has 1 unspecified atom stereocenters. The molecule has 0 saturated carbocycles. The van der Waals surface area contributed by atoms with Crippen molar-refractivity contribution >= 4 is 57.0 Å². The number of benzene rings is 2. The van der Waals surface area contributed by atoms with Crippen LogP contribution in [0.5, 0.6) is 0 Å². The third-order valence-corrected chi connectivity index (χ3v) is 7.27. The lowest BCUT2D eigenvalue weighted by Gasteiger charge is -2.29. The number of piperidine rings is 1. The van der Waals surface area contributed by atoms with E-state index in [0.29, 0.717) is 28.6 Å². The van der Waals surface area contributed by atoms with Gasteiger partial charge < -0.3 is 15.0 Å². The van der Waals surface area contributed by atoms with Crippen LogP contribution >= 0.6 is 22.9 Å². The van der Waals surface area contributed by atoms with Gasteiger partial charge in [-0.1, -0.05) is 29.8 Å². The van der Waals surface area contributed by atoms with Crippen molar-refractivity contribution in [2.45, 2.75) is 38.6 Å². The molecule has 1 atom stereocenters. The van der Waals surface area contributed by atoms with Crippen LogP contribution in [-0.4, -0.2) is 39.7 Å². The first kappa shape index (κ1) is 22.3. The van der Waals surface area contributed by atoms with Crippen LogP contribution < -0.4 is 10.6 Å². The maximum absolute atomic E-state index is 12.9. The van der Waals surface area contributed by atoms with E-state index in [-0.39, 0.29) is 31.4 Å². The third-order valence-electron chi connectivity index (χ3n) is 5.77. The molecule has 34 heavy (non-hydrogen) atoms. The molecule has 2 aromatic carbocycles. The van der Waals surface area contributed by atoms with Gasteiger partial charge in [-0.3, -0.25) is 19.7 Å². The SMILES string of the molecule is O=C1CCC(N2Cc3ccc(CNC(=O)OCc4nc5cccc(Cl)c5s4)cc3C2=O)C(=O)N1. The Balaban J connectivity index is 1.17. The van der Waals surface area contributed by atoms with Crippen LogP contribution in [0.1, 0.15) is 39.3 Å². The van der Waals surface area contributed by atoms with Crippen LogP contribution in [0.4, 0.5) is 4.79 Å². The van der Waals surface area contributed by atoms with E-state index < -0.39 is 18.0 Å². The quantitative estimate of drug-likeness (QED) is 0.522. The van der Waals surface area contributed by atoms with Crippen molar-refractivity contribution in [1.29, 1.82) is 0 Å². The second kappa shape index (κ2) is 9.03. The number of nitrogens with one attached hydrogen (secondary N) is 2. The summed E-state index contributed by atoms with van der Waals surface area (Å²) >= 11 is 7.53. The van der Waals surface area contributed by atoms with Gasteiger partial charge in [-0.05, 0) is 35.7 Å². The maximum Gasteiger partial charge on any atom is 0.407 e. The molecule has 1 aromatic heterocycles. The highest BCUT2D eigenvalue weighted by Gasteiger charge is 2.39. The van der Waals surface area contributed by atoms with E-state index in [1.165, 1.54) is 16.2 Å². The van der Waals surface area contributed by atoms with Gasteiger partial charge in [-0.2, -0.15) is 0 Å². The first-order valence-electron chi connectivity index (χ1n) is 10.6. The van der Waals surface area contributed by atoms with E-state index in [4.69, 9.17) is 16.3 Å². The van der Waals surface area contributed by atoms with Gasteiger partial charge in [0.25, 0.3) is 5.91 Å². The van der Waals surface area contributed by atoms with Crippen LogP contribution in [0.15, 0.2) is 36.4 Å². The molecule has 5 rings (SSSR count). The van der Waals surface area contributed by atoms with E-state index in [1.807, 2.05) is 24.3 Å². The second-order valence-electron chi connectivity index (χ2n) is 8.02. The first-order chi connectivity index (χ1) is 16.4. The molecule has 1 fully saturated rings. The number of alkyl carbamates (subject to hydrolysis) is 1. The number of halogens is 1. The molecule has 9 nitrogen and oxygen atoms in total. The van der Waals surface area contributed by atoms with Crippen molar-refractivity contribution in [2.75, 3.05) is 0 Å². The molecule has 0 bridgehead atoms. The van der Waals surface area contributed by atoms with Crippen LogP contribution in [0, 0.1) is 0 Å². The fourth-order valence-corrected chi connectivity index (χ4v) is 5.25. The molecule has 11 heteroatoms. The zero-order valence-corrected chi connectivity index (χ0v) is 19.4. The van der Waals surface area contributed by atoms with Gasteiger partial charge in [-0.15, -0.1) is 11.3 Å². The minimum Gasteiger partial charge on any atom is -0.442 e. The lowest BCUT2D eigenvalue weighted by Crippen LogP contribution is -2.52. The third kappa shape index (κ3) is 4.34. The Labute approximate surface area is 203 Å². The molecular formula is C23H19ClN4O5S. The van der Waals surface area contributed by atoms with E-state index in [1.54, 1.807) is 12.1 Å². The zero-order chi connectivity index (χ0) is 23.8. The van der Waals surface area contributed by atoms with Crippen molar-refractivity contribution in [3.05, 3.63) is 63.1 Å². The fraction of sp³-hybridized carbons (Fsp3) is 0.261. The number of hydrogen-bond donors (Lipinski definition) is 2. The molecule has 4 amide bonds. The van der Waals surface area contributed by atoms with Crippen molar-refractivity contribution in [2.24, 2.45) is 0 Å². The smallest absolute Gasteiger partial charge is 0.407 e. The van der Waals surface area contributed by atoms with Gasteiger partial charge in [0.05, 0.1) is 15.2 Å². The monoisotopic (exact) mass is 498 g/mol. The minimum absolute atomic E-state index is 0.0189. The number of rotatable bonds is 5. The molecule has 0 radical (unpaired) electrons. The highest BCUT2D eigenvalue weighted by Crippen LogP contribution is 2.30. The largest absolute Gasteiger partial charge is 0.442 e. The number of imide groups is 1. The van der Waals surface area contributed by atoms with Gasteiger partial charge in [-0.25, -0.2) is 9.78 Å². The standard InChI is InChI=1S/C23H19ClN4O5S/c24-15-2-1-3-16-20(15)34-19(26-16)11-33-23(32)25-9-12-4-5-13-10-28(22(31)14(13)8-12)17-6-7-18(29)27-21(17)30/h1-5,8,17H,6-7,9-11H2,(H,25,32)(H,27,29,30). The van der Waals surface area contributed by atoms with Crippen LogP contribution in [0.2, 0.25) is 5.02 Å². The van der Waals surface area contributed by atoms with Gasteiger partial charge in [0.1, 0.15) is 17.7 Å². The summed E-state index contributed by atoms with van der Waals surface area (Å²) in [6.07, 6.45) is -0.0917. The highest BCUT2D eigenvalue weighted by atomic mass is 35.5. The molecule has 3 heterocycles. The molecule has 1 saturated heterocycles. The predicted octanol–water partition coefficient (Wildman–Crippen LogP) is 3.14. The zero-order valence-electron chi connectivity index (χ0n) is 17.8. The van der Waals surface area contributed by atoms with Crippen LogP contribution in [-0.2, 0) is 34.0 Å². The summed E-state index contributed by atoms with van der Waals surface area (Å²) in [7, 11) is 0. The van der Waals surface area contributed by atoms with Gasteiger partial charge in [0.2, 0.25) is 11.8 Å². The lowest BCUT2D eigenvalue weighted by molar-refractivity contribution is -0.136. The summed E-state index contributed by atoms with van der Waals surface area (Å²) in [5.41, 5.74) is 2.77. The van der Waals surface area contributed by atoms with E-state index >= 15 is 0 Å². The van der Waals surface area contributed by atoms with Gasteiger partial charge >= 0.3 is 6.09 Å². The van der Waals surface area contributed by atoms with Crippen LogP contribution in [0.25, 0.3) is 10.2 Å². The number of ether oxygens (including phenoxy) is 1. The second-order valence-corrected chi connectivity index (χ2v) is 9.51. The molecule has 3 aromatic rings. The normalized spacial score (nSPS) is 17.6. The number of amides is 4. The fourth-order valence-electron chi connectivity index (χ4n) is 4.09. The summed E-state index contributed by atoms with van der Waals surface area (Å²) in [6, 6.07) is 10.1. The minimum atomic E-state index is -0.661. The molecule has 2 aliphatic rings. The number of carbonyl (C=O) groups is 4. The van der Waals surface area contributed by atoms with Crippen molar-refractivity contribution in [3.8, 4) is 0 Å². The van der Waals surface area contributed by atoms with E-state index in [2.05, 4.69) is 15.6 Å². The Morgan fingerprint density at radius 3 is 2.91 bits per heavy atom. The van der Waals surface area contributed by atoms with Crippen LogP contribution in [0.3, 0.4) is 0 Å². The summed E-state index contributed by atoms with van der Waals surface area (Å²) in [4.78, 5) is 54.5. The molecular weight excluding hydrogens is 480 g/mol. The average Bonchev–Trinajstić information content (AvgIpc) is 3.38. The highest BCUT2D eigenvalue weighted by molar-refractivity contribution is 7.19. The average molecular weight is 499 g/mol. The maximum atomic E-state index is 12.9. The van der Waals surface area contributed by atoms with E-state index in [0.717, 1.165) is 21.3 Å². The predicted molar refractivity (Wildman–Crippen MR) is 124 cm³/mol. The first-order valence-corrected chi connectivity index (χ1v) is 11.8. The number of fused-ring (bicyclic) bond motifs is 2. The summed E-state index contributed by atoms with van der Waals surface area (Å²) in [5, 5.41) is 6.20. The molecule has 174 valence electrons. The van der Waals surface area contributed by atoms with E-state index in [9.17, 15) is 19.2 Å². The van der Waals surface area contributed by atoms with Crippen molar-refractivity contribution < 1.29 is 23.9 Å². The summed E-state index contributed by atoms with van der Waals surface area (Å²) in [6.45, 7) is 0.497. The number of hydrogen-bond acceptors (Lipinski definition) is 7. The topological polar surface area (TPSA) is 118 Å². The lowest BCUT2D eigenvalue weighted by atomic mass is 10.0. The number of carbonyl (C=O) groups excluding carboxylic acids is 4. The van der Waals surface area contributed by atoms with Crippen molar-refractivity contribution in [1.82, 2.24) is 20.5 Å². The molecule has 0 spiro atoms. The Bertz CT molecular complexity index is 1340. The Kier molecular flexibility index (Phi) is 5.93. The van der Waals surface area contributed by atoms with Crippen molar-refractivity contribution in [3.63, 3.8) is 0 Å².